The zero-order chi connectivity index (χ0) is 23.6. The normalized spacial score (nSPS) is 10.6. The molecule has 170 valence electrons. The maximum Gasteiger partial charge on any atom is 0.343 e. The third kappa shape index (κ3) is 7.47. The monoisotopic (exact) mass is 509 g/mol. The lowest BCUT2D eigenvalue weighted by atomic mass is 10.2. The number of aryl methyl sites for hydroxylation is 1. The summed E-state index contributed by atoms with van der Waals surface area (Å²) in [4.78, 5) is 24.4. The number of anilines is 1. The molecule has 3 aromatic rings. The number of carbonyl (C=O) groups excluding carboxylic acids is 2. The molecule has 8 heteroatoms. The number of hydrazone groups is 1. The summed E-state index contributed by atoms with van der Waals surface area (Å²) in [6.07, 6.45) is 1.49. The second kappa shape index (κ2) is 11.8. The number of hydrogen-bond acceptors (Lipinski definition) is 6. The first kappa shape index (κ1) is 24.0. The lowest BCUT2D eigenvalue weighted by Crippen LogP contribution is -2.25. The molecule has 0 aliphatic heterocycles. The number of ether oxygens (including phenoxy) is 2. The fraction of sp³-hybridized carbons (Fsp3) is 0.160. The summed E-state index contributed by atoms with van der Waals surface area (Å²) in [5.41, 5.74) is 5.55. The molecule has 0 heterocycles. The van der Waals surface area contributed by atoms with Crippen molar-refractivity contribution in [3.8, 4) is 11.5 Å². The Morgan fingerprint density at radius 2 is 1.82 bits per heavy atom. The van der Waals surface area contributed by atoms with Gasteiger partial charge in [0.15, 0.2) is 11.5 Å². The number of halogens is 1. The molecule has 0 spiro atoms. The predicted molar refractivity (Wildman–Crippen MR) is 132 cm³/mol. The van der Waals surface area contributed by atoms with Gasteiger partial charge in [0, 0.05) is 10.2 Å². The minimum absolute atomic E-state index is 0.0932. The summed E-state index contributed by atoms with van der Waals surface area (Å²) in [7, 11) is 0. The molecule has 0 saturated heterocycles. The molecule has 0 aliphatic rings. The van der Waals surface area contributed by atoms with Gasteiger partial charge in [-0.1, -0.05) is 28.1 Å². The van der Waals surface area contributed by atoms with Crippen LogP contribution in [-0.4, -0.2) is 31.2 Å². The minimum Gasteiger partial charge on any atom is -0.490 e. The van der Waals surface area contributed by atoms with Crippen molar-refractivity contribution in [1.29, 1.82) is 0 Å². The van der Waals surface area contributed by atoms with Crippen molar-refractivity contribution >= 4 is 39.7 Å². The molecule has 33 heavy (non-hydrogen) atoms. The van der Waals surface area contributed by atoms with E-state index >= 15 is 0 Å². The van der Waals surface area contributed by atoms with E-state index in [1.54, 1.807) is 42.5 Å². The first-order valence-corrected chi connectivity index (χ1v) is 11.1. The van der Waals surface area contributed by atoms with Crippen molar-refractivity contribution in [3.63, 3.8) is 0 Å². The minimum atomic E-state index is -0.488. The van der Waals surface area contributed by atoms with Gasteiger partial charge < -0.3 is 14.8 Å². The maximum absolute atomic E-state index is 12.4. The first-order valence-electron chi connectivity index (χ1n) is 10.3. The van der Waals surface area contributed by atoms with Crippen LogP contribution in [0.25, 0.3) is 0 Å². The van der Waals surface area contributed by atoms with Crippen molar-refractivity contribution in [2.75, 3.05) is 18.5 Å². The Morgan fingerprint density at radius 1 is 1.03 bits per heavy atom. The maximum atomic E-state index is 12.4. The van der Waals surface area contributed by atoms with E-state index < -0.39 is 5.97 Å². The van der Waals surface area contributed by atoms with E-state index in [1.165, 1.54) is 6.21 Å². The number of carbonyl (C=O) groups is 2. The zero-order valence-corrected chi connectivity index (χ0v) is 19.9. The van der Waals surface area contributed by atoms with Gasteiger partial charge >= 0.3 is 5.97 Å². The molecule has 2 N–H and O–H groups in total. The number of nitrogens with one attached hydrogen (secondary N) is 2. The summed E-state index contributed by atoms with van der Waals surface area (Å²) < 4.78 is 12.0. The Bertz CT molecular complexity index is 1150. The van der Waals surface area contributed by atoms with Crippen LogP contribution in [0.5, 0.6) is 11.5 Å². The topological polar surface area (TPSA) is 89.0 Å². The van der Waals surface area contributed by atoms with Crippen LogP contribution in [0.15, 0.2) is 76.3 Å². The van der Waals surface area contributed by atoms with Crippen LogP contribution in [0.1, 0.15) is 28.4 Å². The van der Waals surface area contributed by atoms with E-state index in [0.717, 1.165) is 15.7 Å². The van der Waals surface area contributed by atoms with Gasteiger partial charge in [-0.2, -0.15) is 5.10 Å². The molecule has 1 amide bonds. The van der Waals surface area contributed by atoms with Crippen molar-refractivity contribution in [2.45, 2.75) is 13.8 Å². The Balaban J connectivity index is 1.59. The van der Waals surface area contributed by atoms with Crippen LogP contribution in [0.2, 0.25) is 0 Å². The van der Waals surface area contributed by atoms with Crippen molar-refractivity contribution < 1.29 is 19.1 Å². The summed E-state index contributed by atoms with van der Waals surface area (Å²) in [6.45, 7) is 4.31. The van der Waals surface area contributed by atoms with Crippen LogP contribution >= 0.6 is 15.9 Å². The smallest absolute Gasteiger partial charge is 0.343 e. The van der Waals surface area contributed by atoms with Crippen molar-refractivity contribution in [3.05, 3.63) is 87.9 Å². The summed E-state index contributed by atoms with van der Waals surface area (Å²) in [6, 6.07) is 19.7. The van der Waals surface area contributed by atoms with Crippen molar-refractivity contribution in [2.24, 2.45) is 5.10 Å². The van der Waals surface area contributed by atoms with Gasteiger partial charge in [0.2, 0.25) is 0 Å². The van der Waals surface area contributed by atoms with E-state index in [1.807, 2.05) is 38.1 Å². The van der Waals surface area contributed by atoms with Crippen molar-refractivity contribution in [1.82, 2.24) is 5.43 Å². The quantitative estimate of drug-likeness (QED) is 0.184. The van der Waals surface area contributed by atoms with Gasteiger partial charge in [0.1, 0.15) is 0 Å². The number of nitrogens with zero attached hydrogens (tertiary/aromatic N) is 1. The average molecular weight is 510 g/mol. The van der Waals surface area contributed by atoms with E-state index in [2.05, 4.69) is 31.8 Å². The number of rotatable bonds is 9. The van der Waals surface area contributed by atoms with Gasteiger partial charge in [-0.05, 0) is 79.6 Å². The molecule has 3 rings (SSSR count). The molecule has 0 atom stereocenters. The lowest BCUT2D eigenvalue weighted by Gasteiger charge is -2.11. The molecule has 0 saturated carbocycles. The van der Waals surface area contributed by atoms with Gasteiger partial charge in [-0.25, -0.2) is 10.2 Å². The standard InChI is InChI=1S/C25H24BrN3O4/c1-3-32-23-14-18(7-12-22(23)33-25(31)19-8-10-20(26)11-9-19)15-28-29-24(30)16-27-21-6-4-5-17(2)13-21/h4-15,27H,3,16H2,1-2H3,(H,29,30). The largest absolute Gasteiger partial charge is 0.490 e. The third-order valence-corrected chi connectivity index (χ3v) is 4.95. The predicted octanol–water partition coefficient (Wildman–Crippen LogP) is 4.94. The molecule has 0 aromatic heterocycles. The second-order valence-electron chi connectivity index (χ2n) is 7.05. The van der Waals surface area contributed by atoms with Gasteiger partial charge in [0.05, 0.1) is 24.9 Å². The average Bonchev–Trinajstić information content (AvgIpc) is 2.80. The van der Waals surface area contributed by atoms with Crippen LogP contribution in [-0.2, 0) is 4.79 Å². The highest BCUT2D eigenvalue weighted by Crippen LogP contribution is 2.29. The number of esters is 1. The highest BCUT2D eigenvalue weighted by atomic mass is 79.9. The van der Waals surface area contributed by atoms with E-state index in [4.69, 9.17) is 9.47 Å². The molecular formula is C25H24BrN3O4. The summed E-state index contributed by atoms with van der Waals surface area (Å²) in [5, 5.41) is 7.03. The second-order valence-corrected chi connectivity index (χ2v) is 7.97. The molecule has 0 aliphatic carbocycles. The Hall–Kier alpha value is -3.65. The fourth-order valence-electron chi connectivity index (χ4n) is 2.86. The Labute approximate surface area is 200 Å². The number of hydrogen-bond donors (Lipinski definition) is 2. The highest BCUT2D eigenvalue weighted by molar-refractivity contribution is 9.10. The van der Waals surface area contributed by atoms with Gasteiger partial charge in [-0.3, -0.25) is 4.79 Å². The molecule has 0 unspecified atom stereocenters. The molecule has 0 fully saturated rings. The molecule has 7 nitrogen and oxygen atoms in total. The molecular weight excluding hydrogens is 486 g/mol. The molecule has 3 aromatic carbocycles. The van der Waals surface area contributed by atoms with Crippen LogP contribution in [0.3, 0.4) is 0 Å². The van der Waals surface area contributed by atoms with Gasteiger partial charge in [0.25, 0.3) is 5.91 Å². The summed E-state index contributed by atoms with van der Waals surface area (Å²) in [5.74, 6) is -0.0660. The fourth-order valence-corrected chi connectivity index (χ4v) is 3.12. The summed E-state index contributed by atoms with van der Waals surface area (Å²) >= 11 is 3.34. The van der Waals surface area contributed by atoms with E-state index in [9.17, 15) is 9.59 Å². The number of benzene rings is 3. The first-order chi connectivity index (χ1) is 15.9. The Kier molecular flexibility index (Phi) is 8.60. The van der Waals surface area contributed by atoms with E-state index in [-0.39, 0.29) is 12.5 Å². The lowest BCUT2D eigenvalue weighted by molar-refractivity contribution is -0.119. The SMILES string of the molecule is CCOc1cc(C=NNC(=O)CNc2cccc(C)c2)ccc1OC(=O)c1ccc(Br)cc1. The van der Waals surface area contributed by atoms with Crippen LogP contribution in [0, 0.1) is 6.92 Å². The third-order valence-electron chi connectivity index (χ3n) is 4.42. The van der Waals surface area contributed by atoms with E-state index in [0.29, 0.717) is 29.2 Å². The van der Waals surface area contributed by atoms with Crippen LogP contribution in [0.4, 0.5) is 5.69 Å². The highest BCUT2D eigenvalue weighted by Gasteiger charge is 2.13. The number of amides is 1. The Morgan fingerprint density at radius 3 is 2.55 bits per heavy atom. The van der Waals surface area contributed by atoms with Gasteiger partial charge in [-0.15, -0.1) is 0 Å². The molecule has 0 radical (unpaired) electrons. The molecule has 0 bridgehead atoms. The zero-order valence-electron chi connectivity index (χ0n) is 18.3. The van der Waals surface area contributed by atoms with Crippen LogP contribution < -0.4 is 20.2 Å².